The van der Waals surface area contributed by atoms with Crippen LogP contribution in [-0.4, -0.2) is 17.2 Å². The third kappa shape index (κ3) is 3.94. The van der Waals surface area contributed by atoms with E-state index in [0.29, 0.717) is 17.7 Å². The van der Waals surface area contributed by atoms with Gasteiger partial charge in [0.1, 0.15) is 5.75 Å². The molecule has 0 heterocycles. The van der Waals surface area contributed by atoms with Crippen molar-refractivity contribution in [2.75, 3.05) is 0 Å². The van der Waals surface area contributed by atoms with Gasteiger partial charge in [0.25, 0.3) is 0 Å². The second kappa shape index (κ2) is 6.87. The van der Waals surface area contributed by atoms with Gasteiger partial charge >= 0.3 is 5.97 Å². The number of unbranched alkanes of at least 4 members (excludes halogenated alkanes) is 1. The molecule has 0 bridgehead atoms. The first-order chi connectivity index (χ1) is 8.58. The smallest absolute Gasteiger partial charge is 0.344 e. The zero-order valence-corrected chi connectivity index (χ0v) is 10.8. The third-order valence-corrected chi connectivity index (χ3v) is 2.72. The number of hydrogen-bond acceptors (Lipinski definition) is 3. The predicted molar refractivity (Wildman–Crippen MR) is 67.7 cm³/mol. The Morgan fingerprint density at radius 1 is 1.61 bits per heavy atom. The van der Waals surface area contributed by atoms with Crippen molar-refractivity contribution in [2.24, 2.45) is 0 Å². The van der Waals surface area contributed by atoms with Gasteiger partial charge in [-0.25, -0.2) is 4.79 Å². The molecule has 0 aliphatic rings. The van der Waals surface area contributed by atoms with E-state index >= 15 is 0 Å². The van der Waals surface area contributed by atoms with Crippen molar-refractivity contribution < 1.29 is 14.6 Å². The Hall–Kier alpha value is -1.73. The monoisotopic (exact) mass is 267 g/mol. The number of benzene rings is 1. The average Bonchev–Trinajstić information content (AvgIpc) is 2.35. The van der Waals surface area contributed by atoms with Crippen LogP contribution in [0.1, 0.15) is 31.7 Å². The molecule has 0 radical (unpaired) electrons. The Kier molecular flexibility index (Phi) is 5.47. The van der Waals surface area contributed by atoms with Crippen LogP contribution in [-0.2, 0) is 4.79 Å². The molecule has 96 valence electrons. The normalized spacial score (nSPS) is 11.6. The van der Waals surface area contributed by atoms with Gasteiger partial charge in [0, 0.05) is 0 Å². The lowest BCUT2D eigenvalue weighted by Gasteiger charge is -2.15. The molecule has 5 heteroatoms. The Bertz CT molecular complexity index is 468. The lowest BCUT2D eigenvalue weighted by Crippen LogP contribution is -2.27. The zero-order chi connectivity index (χ0) is 13.5. The summed E-state index contributed by atoms with van der Waals surface area (Å²) in [5.41, 5.74) is 0.410. The van der Waals surface area contributed by atoms with Crippen LogP contribution in [0.3, 0.4) is 0 Å². The second-order valence-electron chi connectivity index (χ2n) is 3.84. The standard InChI is InChI=1S/C13H14ClNO3/c1-2-3-4-12(13(16)17)18-11-6-5-9(8-15)7-10(11)14/h5-7,12H,2-4H2,1H3,(H,16,17). The van der Waals surface area contributed by atoms with E-state index in [9.17, 15) is 4.79 Å². The number of carbonyl (C=O) groups is 1. The third-order valence-electron chi connectivity index (χ3n) is 2.43. The summed E-state index contributed by atoms with van der Waals surface area (Å²) in [5.74, 6) is -0.719. The Labute approximate surface area is 111 Å². The molecule has 1 N–H and O–H groups in total. The van der Waals surface area contributed by atoms with Crippen molar-refractivity contribution in [3.05, 3.63) is 28.8 Å². The van der Waals surface area contributed by atoms with Gasteiger partial charge in [0.05, 0.1) is 16.7 Å². The summed E-state index contributed by atoms with van der Waals surface area (Å²) in [6.45, 7) is 1.98. The Morgan fingerprint density at radius 3 is 2.83 bits per heavy atom. The number of nitrogens with zero attached hydrogens (tertiary/aromatic N) is 1. The summed E-state index contributed by atoms with van der Waals surface area (Å²) in [6, 6.07) is 6.46. The summed E-state index contributed by atoms with van der Waals surface area (Å²) in [7, 11) is 0. The van der Waals surface area contributed by atoms with Crippen LogP contribution < -0.4 is 4.74 Å². The molecule has 0 saturated heterocycles. The molecule has 0 aliphatic heterocycles. The van der Waals surface area contributed by atoms with Crippen molar-refractivity contribution in [1.29, 1.82) is 5.26 Å². The van der Waals surface area contributed by atoms with Crippen LogP contribution in [0, 0.1) is 11.3 Å². The first-order valence-electron chi connectivity index (χ1n) is 5.67. The van der Waals surface area contributed by atoms with Gasteiger partial charge in [-0.1, -0.05) is 24.9 Å². The van der Waals surface area contributed by atoms with Gasteiger partial charge in [0.15, 0.2) is 6.10 Å². The highest BCUT2D eigenvalue weighted by atomic mass is 35.5. The van der Waals surface area contributed by atoms with Crippen LogP contribution in [0.5, 0.6) is 5.75 Å². The molecule has 0 saturated carbocycles. The molecule has 0 aromatic heterocycles. The van der Waals surface area contributed by atoms with Gasteiger partial charge in [-0.2, -0.15) is 5.26 Å². The first kappa shape index (κ1) is 14.3. The van der Waals surface area contributed by atoms with Crippen LogP contribution in [0.4, 0.5) is 0 Å². The minimum Gasteiger partial charge on any atom is -0.479 e. The molecule has 1 aromatic carbocycles. The van der Waals surface area contributed by atoms with Crippen molar-refractivity contribution >= 4 is 17.6 Å². The highest BCUT2D eigenvalue weighted by molar-refractivity contribution is 6.32. The number of carboxylic acids is 1. The van der Waals surface area contributed by atoms with Gasteiger partial charge in [0.2, 0.25) is 0 Å². The minimum absolute atomic E-state index is 0.247. The van der Waals surface area contributed by atoms with Gasteiger partial charge in [-0.15, -0.1) is 0 Å². The SMILES string of the molecule is CCCCC(Oc1ccc(C#N)cc1Cl)C(=O)O. The number of rotatable bonds is 6. The second-order valence-corrected chi connectivity index (χ2v) is 4.25. The maximum absolute atomic E-state index is 11.0. The van der Waals surface area contributed by atoms with E-state index in [1.54, 1.807) is 6.07 Å². The van der Waals surface area contributed by atoms with E-state index in [0.717, 1.165) is 12.8 Å². The molecule has 1 atom stereocenters. The highest BCUT2D eigenvalue weighted by Crippen LogP contribution is 2.27. The van der Waals surface area contributed by atoms with E-state index in [1.165, 1.54) is 12.1 Å². The molecule has 18 heavy (non-hydrogen) atoms. The molecule has 0 amide bonds. The molecule has 4 nitrogen and oxygen atoms in total. The van der Waals surface area contributed by atoms with Crippen LogP contribution in [0.2, 0.25) is 5.02 Å². The topological polar surface area (TPSA) is 70.3 Å². The van der Waals surface area contributed by atoms with Crippen LogP contribution in [0.15, 0.2) is 18.2 Å². The molecule has 0 spiro atoms. The maximum Gasteiger partial charge on any atom is 0.344 e. The molecule has 1 rings (SSSR count). The molecular formula is C13H14ClNO3. The molecular weight excluding hydrogens is 254 g/mol. The fourth-order valence-corrected chi connectivity index (χ4v) is 1.67. The number of ether oxygens (including phenoxy) is 1. The first-order valence-corrected chi connectivity index (χ1v) is 6.05. The fourth-order valence-electron chi connectivity index (χ4n) is 1.44. The van der Waals surface area contributed by atoms with Gasteiger partial charge in [-0.05, 0) is 31.0 Å². The van der Waals surface area contributed by atoms with Crippen molar-refractivity contribution in [3.8, 4) is 11.8 Å². The molecule has 0 fully saturated rings. The Morgan fingerprint density at radius 2 is 2.33 bits per heavy atom. The number of aliphatic carboxylic acids is 1. The van der Waals surface area contributed by atoms with Gasteiger partial charge in [-0.3, -0.25) is 0 Å². The predicted octanol–water partition coefficient (Wildman–Crippen LogP) is 3.23. The molecule has 0 aliphatic carbocycles. The average molecular weight is 268 g/mol. The highest BCUT2D eigenvalue weighted by Gasteiger charge is 2.19. The summed E-state index contributed by atoms with van der Waals surface area (Å²) in [6.07, 6.45) is 1.19. The van der Waals surface area contributed by atoms with E-state index in [2.05, 4.69) is 0 Å². The minimum atomic E-state index is -1.01. The van der Waals surface area contributed by atoms with E-state index in [4.69, 9.17) is 26.7 Å². The summed E-state index contributed by atoms with van der Waals surface area (Å²) in [5, 5.41) is 18.0. The Balaban J connectivity index is 2.81. The van der Waals surface area contributed by atoms with Crippen molar-refractivity contribution in [3.63, 3.8) is 0 Å². The number of nitriles is 1. The maximum atomic E-state index is 11.0. The van der Waals surface area contributed by atoms with E-state index < -0.39 is 12.1 Å². The van der Waals surface area contributed by atoms with Gasteiger partial charge < -0.3 is 9.84 Å². The fraction of sp³-hybridized carbons (Fsp3) is 0.385. The number of carboxylic acid groups (broad SMARTS) is 1. The molecule has 1 aromatic rings. The summed E-state index contributed by atoms with van der Waals surface area (Å²) < 4.78 is 5.37. The van der Waals surface area contributed by atoms with E-state index in [-0.39, 0.29) is 5.02 Å². The summed E-state index contributed by atoms with van der Waals surface area (Å²) in [4.78, 5) is 11.0. The van der Waals surface area contributed by atoms with Crippen LogP contribution in [0.25, 0.3) is 0 Å². The molecule has 1 unspecified atom stereocenters. The van der Waals surface area contributed by atoms with Crippen molar-refractivity contribution in [2.45, 2.75) is 32.3 Å². The largest absolute Gasteiger partial charge is 0.479 e. The number of hydrogen-bond donors (Lipinski definition) is 1. The zero-order valence-electron chi connectivity index (χ0n) is 10.0. The van der Waals surface area contributed by atoms with Crippen molar-refractivity contribution in [1.82, 2.24) is 0 Å². The summed E-state index contributed by atoms with van der Waals surface area (Å²) >= 11 is 5.92. The van der Waals surface area contributed by atoms with Crippen LogP contribution >= 0.6 is 11.6 Å². The quantitative estimate of drug-likeness (QED) is 0.859. The lowest BCUT2D eigenvalue weighted by atomic mass is 10.1. The lowest BCUT2D eigenvalue weighted by molar-refractivity contribution is -0.145. The number of halogens is 1. The van der Waals surface area contributed by atoms with E-state index in [1.807, 2.05) is 13.0 Å².